The van der Waals surface area contributed by atoms with Crippen molar-refractivity contribution in [2.75, 3.05) is 0 Å². The van der Waals surface area contributed by atoms with Gasteiger partial charge in [-0.2, -0.15) is 0 Å². The summed E-state index contributed by atoms with van der Waals surface area (Å²) in [6, 6.07) is 5.57. The van der Waals surface area contributed by atoms with E-state index in [0.717, 1.165) is 10.9 Å². The van der Waals surface area contributed by atoms with E-state index in [0.29, 0.717) is 5.75 Å². The highest BCUT2D eigenvalue weighted by Crippen LogP contribution is 2.29. The molecule has 1 N–H and O–H groups in total. The molecule has 0 aliphatic rings. The molecule has 0 aliphatic carbocycles. The van der Waals surface area contributed by atoms with E-state index in [2.05, 4.69) is 25.2 Å². The van der Waals surface area contributed by atoms with Gasteiger partial charge in [-0.3, -0.25) is 3.97 Å². The summed E-state index contributed by atoms with van der Waals surface area (Å²) in [6.07, 6.45) is 2.01. The second kappa shape index (κ2) is 3.42. The minimum atomic E-state index is 0.334. The first-order valence-electron chi connectivity index (χ1n) is 3.82. The molecule has 1 aromatic carbocycles. The summed E-state index contributed by atoms with van der Waals surface area (Å²) in [5, 5.41) is 10.5. The zero-order valence-corrected chi connectivity index (χ0v) is 9.96. The fourth-order valence-corrected chi connectivity index (χ4v) is 2.91. The van der Waals surface area contributed by atoms with Crippen molar-refractivity contribution in [3.8, 4) is 5.75 Å². The number of aromatic hydroxyl groups is 1. The number of nitrogens with zero attached hydrogens (tertiary/aromatic N) is 1. The van der Waals surface area contributed by atoms with Gasteiger partial charge < -0.3 is 5.11 Å². The van der Waals surface area contributed by atoms with Crippen LogP contribution in [0.4, 0.5) is 0 Å². The number of phenolic OH excluding ortho intramolecular Hbond substituents is 1. The zero-order chi connectivity index (χ0) is 9.42. The molecule has 0 spiro atoms. The maximum Gasteiger partial charge on any atom is 0.116 e. The number of hydrogen-bond acceptors (Lipinski definition) is 2. The van der Waals surface area contributed by atoms with Crippen molar-refractivity contribution >= 4 is 41.2 Å². The molecule has 0 saturated carbocycles. The van der Waals surface area contributed by atoms with Crippen molar-refractivity contribution in [3.63, 3.8) is 0 Å². The summed E-state index contributed by atoms with van der Waals surface area (Å²) in [5.74, 6) is 0.334. The highest BCUT2D eigenvalue weighted by molar-refractivity contribution is 14.2. The van der Waals surface area contributed by atoms with Crippen LogP contribution in [0.2, 0.25) is 0 Å². The number of aryl methyl sites for hydroxylation is 1. The van der Waals surface area contributed by atoms with Gasteiger partial charge in [0.05, 0.1) is 5.52 Å². The molecule has 0 bridgehead atoms. The van der Waals surface area contributed by atoms with Gasteiger partial charge in [-0.15, -0.1) is 0 Å². The van der Waals surface area contributed by atoms with Gasteiger partial charge in [-0.25, -0.2) is 0 Å². The molecule has 0 saturated heterocycles. The van der Waals surface area contributed by atoms with Crippen LogP contribution >= 0.6 is 30.3 Å². The summed E-state index contributed by atoms with van der Waals surface area (Å²) < 4.78 is 2.09. The number of rotatable bonds is 1. The van der Waals surface area contributed by atoms with Crippen LogP contribution in [0.15, 0.2) is 24.4 Å². The first kappa shape index (κ1) is 9.21. The summed E-state index contributed by atoms with van der Waals surface area (Å²) in [4.78, 5) is 0. The molecule has 0 amide bonds. The molecule has 13 heavy (non-hydrogen) atoms. The minimum Gasteiger partial charge on any atom is -0.508 e. The number of halogens is 1. The Balaban J connectivity index is 2.82. The third-order valence-electron chi connectivity index (χ3n) is 2.00. The predicted octanol–water partition coefficient (Wildman–Crippen LogP) is 3.50. The summed E-state index contributed by atoms with van der Waals surface area (Å²) >= 11 is 2.24. The molecule has 2 nitrogen and oxygen atoms in total. The molecule has 2 rings (SSSR count). The lowest BCUT2D eigenvalue weighted by Crippen LogP contribution is -1.83. The minimum absolute atomic E-state index is 0.334. The average Bonchev–Trinajstić information content (AvgIpc) is 2.47. The number of phenols is 1. The van der Waals surface area contributed by atoms with Crippen molar-refractivity contribution in [1.82, 2.24) is 3.97 Å². The molecule has 1 aromatic heterocycles. The molecule has 0 radical (unpaired) electrons. The quantitative estimate of drug-likeness (QED) is 0.816. The van der Waals surface area contributed by atoms with E-state index in [1.165, 1.54) is 5.52 Å². The van der Waals surface area contributed by atoms with E-state index in [1.807, 2.05) is 19.2 Å². The Morgan fingerprint density at radius 2 is 2.23 bits per heavy atom. The molecule has 1 heterocycles. The van der Waals surface area contributed by atoms with Crippen LogP contribution < -0.4 is 0 Å². The number of hydrogen-bond donors (Lipinski definition) is 1. The van der Waals surface area contributed by atoms with Crippen LogP contribution in [0.1, 0.15) is 5.56 Å². The van der Waals surface area contributed by atoms with Gasteiger partial charge in [0.2, 0.25) is 0 Å². The van der Waals surface area contributed by atoms with E-state index >= 15 is 0 Å². The van der Waals surface area contributed by atoms with Crippen LogP contribution in [0.3, 0.4) is 0 Å². The fourth-order valence-electron chi connectivity index (χ4n) is 1.50. The average molecular weight is 305 g/mol. The summed E-state index contributed by atoms with van der Waals surface area (Å²) in [7, 11) is 1.63. The Bertz CT molecular complexity index is 452. The fraction of sp³-hybridized carbons (Fsp3) is 0.111. The molecule has 4 heteroatoms. The van der Waals surface area contributed by atoms with Crippen molar-refractivity contribution in [2.45, 2.75) is 6.92 Å². The number of benzene rings is 1. The van der Waals surface area contributed by atoms with Crippen LogP contribution in [0.5, 0.6) is 5.75 Å². The maximum absolute atomic E-state index is 9.38. The third kappa shape index (κ3) is 1.52. The Kier molecular flexibility index (Phi) is 2.42. The van der Waals surface area contributed by atoms with E-state index in [1.54, 1.807) is 21.3 Å². The highest BCUT2D eigenvalue weighted by atomic mass is 127. The SMILES string of the molecule is Cc1cc(O)cc2ccn(SI)c12. The highest BCUT2D eigenvalue weighted by Gasteiger charge is 2.05. The first-order valence-corrected chi connectivity index (χ1v) is 7.14. The third-order valence-corrected chi connectivity index (χ3v) is 3.73. The lowest BCUT2D eigenvalue weighted by atomic mass is 10.1. The zero-order valence-electron chi connectivity index (χ0n) is 6.99. The predicted molar refractivity (Wildman–Crippen MR) is 65.3 cm³/mol. The largest absolute Gasteiger partial charge is 0.508 e. The Labute approximate surface area is 92.7 Å². The summed E-state index contributed by atoms with van der Waals surface area (Å²) in [6.45, 7) is 2.01. The van der Waals surface area contributed by atoms with Crippen LogP contribution in [0.25, 0.3) is 10.9 Å². The van der Waals surface area contributed by atoms with Gasteiger partial charge in [0.1, 0.15) is 5.75 Å². The van der Waals surface area contributed by atoms with Gasteiger partial charge in [0, 0.05) is 41.9 Å². The van der Waals surface area contributed by atoms with Crippen LogP contribution in [-0.4, -0.2) is 9.08 Å². The lowest BCUT2D eigenvalue weighted by Gasteiger charge is -2.02. The second-order valence-corrected chi connectivity index (χ2v) is 4.62. The summed E-state index contributed by atoms with van der Waals surface area (Å²) in [5.41, 5.74) is 2.28. The molecule has 2 aromatic rings. The van der Waals surface area contributed by atoms with Gasteiger partial charge in [-0.05, 0) is 30.7 Å². The van der Waals surface area contributed by atoms with Crippen molar-refractivity contribution < 1.29 is 5.11 Å². The van der Waals surface area contributed by atoms with E-state index in [-0.39, 0.29) is 0 Å². The smallest absolute Gasteiger partial charge is 0.116 e. The standard InChI is InChI=1S/C9H8INOS/c1-6-4-8(12)5-7-2-3-11(13-10)9(6)7/h2-5,12H,1H3. The van der Waals surface area contributed by atoms with Gasteiger partial charge in [0.25, 0.3) is 0 Å². The number of aromatic nitrogens is 1. The van der Waals surface area contributed by atoms with E-state index < -0.39 is 0 Å². The first-order chi connectivity index (χ1) is 6.22. The van der Waals surface area contributed by atoms with Crippen molar-refractivity contribution in [3.05, 3.63) is 30.0 Å². The van der Waals surface area contributed by atoms with Crippen molar-refractivity contribution in [1.29, 1.82) is 0 Å². The van der Waals surface area contributed by atoms with Gasteiger partial charge in [0.15, 0.2) is 0 Å². The van der Waals surface area contributed by atoms with Gasteiger partial charge >= 0.3 is 0 Å². The maximum atomic E-state index is 9.38. The Morgan fingerprint density at radius 3 is 2.92 bits per heavy atom. The normalized spacial score (nSPS) is 10.9. The van der Waals surface area contributed by atoms with Crippen molar-refractivity contribution in [2.24, 2.45) is 0 Å². The topological polar surface area (TPSA) is 25.2 Å². The van der Waals surface area contributed by atoms with E-state index in [4.69, 9.17) is 0 Å². The van der Waals surface area contributed by atoms with Crippen LogP contribution in [0, 0.1) is 6.92 Å². The van der Waals surface area contributed by atoms with Crippen LogP contribution in [-0.2, 0) is 0 Å². The molecule has 0 fully saturated rings. The number of fused-ring (bicyclic) bond motifs is 1. The molecular formula is C9H8INOS. The monoisotopic (exact) mass is 305 g/mol. The van der Waals surface area contributed by atoms with E-state index in [9.17, 15) is 5.11 Å². The Hall–Kier alpha value is -0.360. The van der Waals surface area contributed by atoms with Gasteiger partial charge in [-0.1, -0.05) is 0 Å². The Morgan fingerprint density at radius 1 is 1.46 bits per heavy atom. The molecule has 0 atom stereocenters. The second-order valence-electron chi connectivity index (χ2n) is 2.91. The lowest BCUT2D eigenvalue weighted by molar-refractivity contribution is 0.476. The molecule has 0 aliphatic heterocycles. The molecule has 0 unspecified atom stereocenters. The molecule has 68 valence electrons. The molecular weight excluding hydrogens is 297 g/mol.